The van der Waals surface area contributed by atoms with E-state index in [0.29, 0.717) is 18.9 Å². The van der Waals surface area contributed by atoms with Crippen molar-refractivity contribution in [2.45, 2.75) is 38.9 Å². The molecule has 1 aromatic carbocycles. The van der Waals surface area contributed by atoms with E-state index in [-0.39, 0.29) is 11.9 Å². The van der Waals surface area contributed by atoms with E-state index in [2.05, 4.69) is 27.8 Å². The van der Waals surface area contributed by atoms with Gasteiger partial charge in [-0.25, -0.2) is 4.98 Å². The summed E-state index contributed by atoms with van der Waals surface area (Å²) in [4.78, 5) is 16.4. The van der Waals surface area contributed by atoms with Crippen molar-refractivity contribution >= 4 is 5.91 Å². The molecule has 1 aliphatic heterocycles. The zero-order valence-corrected chi connectivity index (χ0v) is 12.1. The minimum Gasteiger partial charge on any atom is -0.444 e. The van der Waals surface area contributed by atoms with Crippen molar-refractivity contribution in [3.63, 3.8) is 0 Å². The van der Waals surface area contributed by atoms with Gasteiger partial charge in [-0.3, -0.25) is 4.79 Å². The molecule has 2 N–H and O–H groups in total. The maximum Gasteiger partial charge on any atom is 0.237 e. The molecule has 1 amide bonds. The first-order valence-corrected chi connectivity index (χ1v) is 7.27. The van der Waals surface area contributed by atoms with Gasteiger partial charge < -0.3 is 15.1 Å². The largest absolute Gasteiger partial charge is 0.444 e. The number of hydrogen-bond acceptors (Lipinski definition) is 4. The van der Waals surface area contributed by atoms with Crippen molar-refractivity contribution in [1.82, 2.24) is 15.6 Å². The van der Waals surface area contributed by atoms with Gasteiger partial charge in [0.1, 0.15) is 5.76 Å². The fourth-order valence-electron chi connectivity index (χ4n) is 2.52. The predicted molar refractivity (Wildman–Crippen MR) is 78.5 cm³/mol. The molecule has 0 bridgehead atoms. The van der Waals surface area contributed by atoms with Crippen molar-refractivity contribution in [2.75, 3.05) is 0 Å². The topological polar surface area (TPSA) is 67.2 Å². The van der Waals surface area contributed by atoms with E-state index < -0.39 is 0 Å². The summed E-state index contributed by atoms with van der Waals surface area (Å²) in [6, 6.07) is 8.01. The number of aryl methyl sites for hydroxylation is 1. The third kappa shape index (κ3) is 3.13. The van der Waals surface area contributed by atoms with Gasteiger partial charge in [0.25, 0.3) is 0 Å². The fourth-order valence-corrected chi connectivity index (χ4v) is 2.52. The maximum absolute atomic E-state index is 12.2. The van der Waals surface area contributed by atoms with Crippen LogP contribution >= 0.6 is 0 Å². The molecule has 110 valence electrons. The minimum absolute atomic E-state index is 0.0132. The highest BCUT2D eigenvalue weighted by atomic mass is 16.4. The molecule has 0 aliphatic carbocycles. The molecule has 1 atom stereocenters. The Morgan fingerprint density at radius 2 is 2.24 bits per heavy atom. The van der Waals surface area contributed by atoms with Crippen LogP contribution in [0.3, 0.4) is 0 Å². The van der Waals surface area contributed by atoms with E-state index >= 15 is 0 Å². The van der Waals surface area contributed by atoms with E-state index in [1.54, 1.807) is 6.20 Å². The highest BCUT2D eigenvalue weighted by Crippen LogP contribution is 2.16. The monoisotopic (exact) mass is 285 g/mol. The molecule has 0 spiro atoms. The third-order valence-corrected chi connectivity index (χ3v) is 3.76. The number of amides is 1. The summed E-state index contributed by atoms with van der Waals surface area (Å²) >= 11 is 0. The Bertz CT molecular complexity index is 636. The number of oxazole rings is 1. The number of nitrogens with zero attached hydrogens (tertiary/aromatic N) is 1. The number of aromatic nitrogens is 1. The fraction of sp³-hybridized carbons (Fsp3) is 0.375. The van der Waals surface area contributed by atoms with Gasteiger partial charge >= 0.3 is 0 Å². The Balaban J connectivity index is 1.57. The summed E-state index contributed by atoms with van der Waals surface area (Å²) in [5.74, 6) is 1.38. The standard InChI is InChI=1S/C16H19N3O2/c1-2-13-9-18-15(21-13)10-19-16(20)14-7-11-5-3-4-6-12(11)8-17-14/h3-6,9,14,17H,2,7-8,10H2,1H3,(H,19,20)/t14-/m0/s1. The molecule has 1 aromatic heterocycles. The number of benzene rings is 1. The van der Waals surface area contributed by atoms with Crippen LogP contribution in [0.25, 0.3) is 0 Å². The first-order valence-electron chi connectivity index (χ1n) is 7.27. The second-order valence-electron chi connectivity index (χ2n) is 5.20. The lowest BCUT2D eigenvalue weighted by molar-refractivity contribution is -0.123. The molecule has 5 nitrogen and oxygen atoms in total. The average Bonchev–Trinajstić information content (AvgIpc) is 3.00. The number of fused-ring (bicyclic) bond motifs is 1. The first-order chi connectivity index (χ1) is 10.3. The van der Waals surface area contributed by atoms with Crippen LogP contribution in [0.5, 0.6) is 0 Å². The Hall–Kier alpha value is -2.14. The molecule has 1 aliphatic rings. The van der Waals surface area contributed by atoms with Crippen LogP contribution in [-0.2, 0) is 30.7 Å². The lowest BCUT2D eigenvalue weighted by Gasteiger charge is -2.25. The highest BCUT2D eigenvalue weighted by molar-refractivity contribution is 5.82. The molecule has 0 saturated heterocycles. The summed E-state index contributed by atoms with van der Waals surface area (Å²) in [5.41, 5.74) is 2.50. The summed E-state index contributed by atoms with van der Waals surface area (Å²) in [5, 5.41) is 6.14. The van der Waals surface area contributed by atoms with E-state index in [4.69, 9.17) is 4.42 Å². The molecule has 0 saturated carbocycles. The molecule has 5 heteroatoms. The number of carbonyl (C=O) groups excluding carboxylic acids is 1. The summed E-state index contributed by atoms with van der Waals surface area (Å²) in [6.45, 7) is 3.07. The Morgan fingerprint density at radius 3 is 3.00 bits per heavy atom. The second-order valence-corrected chi connectivity index (χ2v) is 5.20. The van der Waals surface area contributed by atoms with E-state index in [9.17, 15) is 4.79 Å². The minimum atomic E-state index is -0.194. The predicted octanol–water partition coefficient (Wildman–Crippen LogP) is 1.57. The van der Waals surface area contributed by atoms with Crippen LogP contribution < -0.4 is 10.6 Å². The van der Waals surface area contributed by atoms with Crippen molar-refractivity contribution in [3.8, 4) is 0 Å². The molecule has 2 aromatic rings. The van der Waals surface area contributed by atoms with E-state index in [1.807, 2.05) is 19.1 Å². The molecular weight excluding hydrogens is 266 g/mol. The second kappa shape index (κ2) is 6.10. The number of nitrogens with one attached hydrogen (secondary N) is 2. The maximum atomic E-state index is 12.2. The van der Waals surface area contributed by atoms with Gasteiger partial charge in [-0.1, -0.05) is 31.2 Å². The SMILES string of the molecule is CCc1cnc(CNC(=O)[C@@H]2Cc3ccccc3CN2)o1. The van der Waals surface area contributed by atoms with Gasteiger partial charge in [-0.05, 0) is 17.5 Å². The zero-order chi connectivity index (χ0) is 14.7. The summed E-state index contributed by atoms with van der Waals surface area (Å²) in [7, 11) is 0. The van der Waals surface area contributed by atoms with E-state index in [1.165, 1.54) is 11.1 Å². The molecule has 0 radical (unpaired) electrons. The molecule has 0 unspecified atom stereocenters. The average molecular weight is 285 g/mol. The van der Waals surface area contributed by atoms with Crippen molar-refractivity contribution in [3.05, 3.63) is 53.2 Å². The van der Waals surface area contributed by atoms with Crippen molar-refractivity contribution in [1.29, 1.82) is 0 Å². The van der Waals surface area contributed by atoms with Crippen LogP contribution in [0.1, 0.15) is 29.7 Å². The van der Waals surface area contributed by atoms with Gasteiger partial charge in [-0.15, -0.1) is 0 Å². The number of rotatable bonds is 4. The van der Waals surface area contributed by atoms with E-state index in [0.717, 1.165) is 18.7 Å². The summed E-state index contributed by atoms with van der Waals surface area (Å²) in [6.07, 6.45) is 3.23. The Labute approximate surface area is 123 Å². The Morgan fingerprint density at radius 1 is 1.43 bits per heavy atom. The van der Waals surface area contributed by atoms with Crippen LogP contribution in [0.2, 0.25) is 0 Å². The lowest BCUT2D eigenvalue weighted by atomic mass is 9.95. The van der Waals surface area contributed by atoms with Gasteiger partial charge in [0.05, 0.1) is 18.8 Å². The van der Waals surface area contributed by atoms with Gasteiger partial charge in [0.2, 0.25) is 11.8 Å². The number of carbonyl (C=O) groups is 1. The smallest absolute Gasteiger partial charge is 0.237 e. The highest BCUT2D eigenvalue weighted by Gasteiger charge is 2.23. The summed E-state index contributed by atoms with van der Waals surface area (Å²) < 4.78 is 5.48. The molecule has 3 rings (SSSR count). The quantitative estimate of drug-likeness (QED) is 0.895. The van der Waals surface area contributed by atoms with Gasteiger partial charge in [-0.2, -0.15) is 0 Å². The molecule has 21 heavy (non-hydrogen) atoms. The third-order valence-electron chi connectivity index (χ3n) is 3.76. The van der Waals surface area contributed by atoms with Gasteiger partial charge in [0.15, 0.2) is 0 Å². The zero-order valence-electron chi connectivity index (χ0n) is 12.1. The first kappa shape index (κ1) is 13.8. The normalized spacial score (nSPS) is 17.3. The molecule has 2 heterocycles. The van der Waals surface area contributed by atoms with Crippen molar-refractivity contribution in [2.24, 2.45) is 0 Å². The number of hydrogen-bond donors (Lipinski definition) is 2. The molecule has 0 fully saturated rings. The van der Waals surface area contributed by atoms with Gasteiger partial charge in [0, 0.05) is 13.0 Å². The van der Waals surface area contributed by atoms with Crippen LogP contribution in [-0.4, -0.2) is 16.9 Å². The van der Waals surface area contributed by atoms with Crippen LogP contribution in [0, 0.1) is 0 Å². The molecular formula is C16H19N3O2. The van der Waals surface area contributed by atoms with Crippen LogP contribution in [0.15, 0.2) is 34.9 Å². The van der Waals surface area contributed by atoms with Crippen molar-refractivity contribution < 1.29 is 9.21 Å². The lowest BCUT2D eigenvalue weighted by Crippen LogP contribution is -2.47. The Kier molecular flexibility index (Phi) is 4.01. The van der Waals surface area contributed by atoms with Crippen LogP contribution in [0.4, 0.5) is 0 Å².